The summed E-state index contributed by atoms with van der Waals surface area (Å²) in [5, 5.41) is 7.67. The summed E-state index contributed by atoms with van der Waals surface area (Å²) in [6.07, 6.45) is 5.60. The molecule has 3 heterocycles. The van der Waals surface area contributed by atoms with E-state index >= 15 is 0 Å². The van der Waals surface area contributed by atoms with Gasteiger partial charge in [0.2, 0.25) is 5.91 Å². The molecule has 0 spiro atoms. The maximum atomic E-state index is 12.7. The zero-order valence-corrected chi connectivity index (χ0v) is 18.3. The summed E-state index contributed by atoms with van der Waals surface area (Å²) in [7, 11) is 0. The van der Waals surface area contributed by atoms with Gasteiger partial charge in [-0.1, -0.05) is 0 Å². The van der Waals surface area contributed by atoms with E-state index in [-0.39, 0.29) is 11.8 Å². The van der Waals surface area contributed by atoms with Crippen molar-refractivity contribution in [2.75, 3.05) is 32.7 Å². The van der Waals surface area contributed by atoms with E-state index in [0.29, 0.717) is 12.1 Å². The van der Waals surface area contributed by atoms with Crippen LogP contribution >= 0.6 is 0 Å². The fourth-order valence-corrected chi connectivity index (χ4v) is 4.81. The lowest BCUT2D eigenvalue weighted by atomic mass is 9.93. The summed E-state index contributed by atoms with van der Waals surface area (Å²) < 4.78 is 2.04. The molecule has 2 fully saturated rings. The second-order valence-corrected chi connectivity index (χ2v) is 8.99. The van der Waals surface area contributed by atoms with E-state index in [1.807, 2.05) is 11.6 Å². The number of hydrogen-bond acceptors (Lipinski definition) is 4. The van der Waals surface area contributed by atoms with E-state index in [4.69, 9.17) is 0 Å². The van der Waals surface area contributed by atoms with Crippen LogP contribution in [0.15, 0.2) is 6.07 Å². The van der Waals surface area contributed by atoms with Gasteiger partial charge in [-0.2, -0.15) is 5.10 Å². The highest BCUT2D eigenvalue weighted by atomic mass is 16.1. The van der Waals surface area contributed by atoms with E-state index in [9.17, 15) is 4.79 Å². The molecular formula is C22H39N5O. The average molecular weight is 390 g/mol. The van der Waals surface area contributed by atoms with Crippen LogP contribution in [0.5, 0.6) is 0 Å². The molecular weight excluding hydrogens is 350 g/mol. The molecule has 2 aliphatic rings. The number of nitrogens with zero attached hydrogens (tertiary/aromatic N) is 4. The summed E-state index contributed by atoms with van der Waals surface area (Å²) >= 11 is 0. The third-order valence-corrected chi connectivity index (χ3v) is 6.52. The van der Waals surface area contributed by atoms with Gasteiger partial charge in [-0.25, -0.2) is 0 Å². The van der Waals surface area contributed by atoms with Crippen molar-refractivity contribution in [3.63, 3.8) is 0 Å². The minimum absolute atomic E-state index is 0.158. The lowest BCUT2D eigenvalue weighted by Gasteiger charge is -2.43. The van der Waals surface area contributed by atoms with Crippen LogP contribution in [-0.2, 0) is 11.3 Å². The number of aromatic nitrogens is 2. The fraction of sp³-hybridized carbons (Fsp3) is 0.818. The topological polar surface area (TPSA) is 53.4 Å². The molecule has 0 radical (unpaired) electrons. The molecule has 2 aliphatic heterocycles. The molecule has 6 nitrogen and oxygen atoms in total. The van der Waals surface area contributed by atoms with E-state index in [2.05, 4.69) is 47.1 Å². The fourth-order valence-electron chi connectivity index (χ4n) is 4.81. The van der Waals surface area contributed by atoms with Crippen molar-refractivity contribution in [2.45, 2.75) is 78.4 Å². The van der Waals surface area contributed by atoms with Gasteiger partial charge in [0.25, 0.3) is 0 Å². The normalized spacial score (nSPS) is 22.7. The Morgan fingerprint density at radius 1 is 1.21 bits per heavy atom. The Balaban J connectivity index is 1.39. The number of likely N-dealkylation sites (tertiary alicyclic amines) is 2. The molecule has 158 valence electrons. The van der Waals surface area contributed by atoms with Crippen LogP contribution in [0.1, 0.15) is 57.3 Å². The highest BCUT2D eigenvalue weighted by Gasteiger charge is 2.31. The van der Waals surface area contributed by atoms with Crippen molar-refractivity contribution in [1.82, 2.24) is 24.9 Å². The highest BCUT2D eigenvalue weighted by Crippen LogP contribution is 2.24. The first-order chi connectivity index (χ1) is 13.4. The van der Waals surface area contributed by atoms with Gasteiger partial charge >= 0.3 is 0 Å². The largest absolute Gasteiger partial charge is 0.356 e. The molecule has 1 aromatic rings. The van der Waals surface area contributed by atoms with Crippen molar-refractivity contribution in [3.8, 4) is 0 Å². The van der Waals surface area contributed by atoms with Gasteiger partial charge in [0.1, 0.15) is 0 Å². The Morgan fingerprint density at radius 3 is 2.61 bits per heavy atom. The minimum Gasteiger partial charge on any atom is -0.356 e. The quantitative estimate of drug-likeness (QED) is 0.729. The first kappa shape index (κ1) is 21.3. The minimum atomic E-state index is 0.158. The Bertz CT molecular complexity index is 633. The van der Waals surface area contributed by atoms with Crippen LogP contribution < -0.4 is 5.32 Å². The third kappa shape index (κ3) is 5.57. The lowest BCUT2D eigenvalue weighted by molar-refractivity contribution is -0.127. The number of amides is 1. The number of carbonyl (C=O) groups is 1. The number of piperidine rings is 2. The van der Waals surface area contributed by atoms with Crippen molar-refractivity contribution in [1.29, 1.82) is 0 Å². The number of carbonyl (C=O) groups excluding carboxylic acids is 1. The van der Waals surface area contributed by atoms with Crippen LogP contribution in [0, 0.1) is 19.8 Å². The van der Waals surface area contributed by atoms with Gasteiger partial charge in [0, 0.05) is 37.4 Å². The standard InChI is InChI=1S/C22H39N5O/c1-17(2)25-13-8-21(9-14-25)26-11-5-7-20(16-26)22(28)23-10-6-12-27-19(4)15-18(3)24-27/h15,17,20-21H,5-14,16H2,1-4H3,(H,23,28)/t20-/m1/s1. The van der Waals surface area contributed by atoms with E-state index < -0.39 is 0 Å². The summed E-state index contributed by atoms with van der Waals surface area (Å²) in [4.78, 5) is 17.9. The lowest BCUT2D eigenvalue weighted by Crippen LogP contribution is -2.51. The maximum absolute atomic E-state index is 12.7. The highest BCUT2D eigenvalue weighted by molar-refractivity contribution is 5.78. The van der Waals surface area contributed by atoms with Gasteiger partial charge < -0.3 is 10.2 Å². The van der Waals surface area contributed by atoms with Crippen LogP contribution in [0.25, 0.3) is 0 Å². The van der Waals surface area contributed by atoms with E-state index in [1.165, 1.54) is 31.6 Å². The van der Waals surface area contributed by atoms with Crippen LogP contribution in [0.3, 0.4) is 0 Å². The molecule has 28 heavy (non-hydrogen) atoms. The molecule has 1 N–H and O–H groups in total. The van der Waals surface area contributed by atoms with Gasteiger partial charge in [0.05, 0.1) is 11.6 Å². The maximum Gasteiger partial charge on any atom is 0.224 e. The first-order valence-corrected chi connectivity index (χ1v) is 11.2. The molecule has 0 saturated carbocycles. The summed E-state index contributed by atoms with van der Waals surface area (Å²) in [6, 6.07) is 3.41. The Labute approximate surface area is 170 Å². The summed E-state index contributed by atoms with van der Waals surface area (Å²) in [5.74, 6) is 0.406. The molecule has 0 aromatic carbocycles. The van der Waals surface area contributed by atoms with Crippen LogP contribution in [0.4, 0.5) is 0 Å². The molecule has 0 aliphatic carbocycles. The van der Waals surface area contributed by atoms with E-state index in [0.717, 1.165) is 51.1 Å². The zero-order chi connectivity index (χ0) is 20.1. The van der Waals surface area contributed by atoms with Crippen molar-refractivity contribution < 1.29 is 4.79 Å². The second kappa shape index (κ2) is 9.88. The molecule has 2 saturated heterocycles. The first-order valence-electron chi connectivity index (χ1n) is 11.2. The van der Waals surface area contributed by atoms with Crippen molar-refractivity contribution >= 4 is 5.91 Å². The Hall–Kier alpha value is -1.40. The number of hydrogen-bond donors (Lipinski definition) is 1. The number of nitrogens with one attached hydrogen (secondary N) is 1. The number of rotatable bonds is 7. The molecule has 3 rings (SSSR count). The second-order valence-electron chi connectivity index (χ2n) is 8.99. The Kier molecular flexibility index (Phi) is 7.52. The van der Waals surface area contributed by atoms with Crippen molar-refractivity contribution in [3.05, 3.63) is 17.5 Å². The monoisotopic (exact) mass is 389 g/mol. The van der Waals surface area contributed by atoms with Gasteiger partial charge in [-0.15, -0.1) is 0 Å². The van der Waals surface area contributed by atoms with E-state index in [1.54, 1.807) is 0 Å². The molecule has 0 unspecified atom stereocenters. The smallest absolute Gasteiger partial charge is 0.224 e. The Morgan fingerprint density at radius 2 is 1.96 bits per heavy atom. The third-order valence-electron chi connectivity index (χ3n) is 6.52. The molecule has 1 aromatic heterocycles. The average Bonchev–Trinajstić information content (AvgIpc) is 3.02. The molecule has 1 amide bonds. The zero-order valence-electron chi connectivity index (χ0n) is 18.3. The van der Waals surface area contributed by atoms with Gasteiger partial charge in [-0.3, -0.25) is 14.4 Å². The summed E-state index contributed by atoms with van der Waals surface area (Å²) in [5.41, 5.74) is 2.25. The van der Waals surface area contributed by atoms with Gasteiger partial charge in [0.15, 0.2) is 0 Å². The summed E-state index contributed by atoms with van der Waals surface area (Å²) in [6.45, 7) is 14.8. The van der Waals surface area contributed by atoms with Crippen LogP contribution in [0.2, 0.25) is 0 Å². The van der Waals surface area contributed by atoms with Crippen LogP contribution in [-0.4, -0.2) is 70.3 Å². The van der Waals surface area contributed by atoms with Crippen molar-refractivity contribution in [2.24, 2.45) is 5.92 Å². The molecule has 0 bridgehead atoms. The molecule has 6 heteroatoms. The SMILES string of the molecule is Cc1cc(C)n(CCCNC(=O)[C@@H]2CCCN(C3CCN(C(C)C)CC3)C2)n1. The predicted octanol–water partition coefficient (Wildman–Crippen LogP) is 2.59. The molecule has 1 atom stereocenters. The predicted molar refractivity (Wildman–Crippen MR) is 113 cm³/mol. The number of aryl methyl sites for hydroxylation is 3. The van der Waals surface area contributed by atoms with Gasteiger partial charge in [-0.05, 0) is 85.5 Å².